The molecule has 6 nitrogen and oxygen atoms in total. The van der Waals surface area contributed by atoms with E-state index < -0.39 is 0 Å². The lowest BCUT2D eigenvalue weighted by molar-refractivity contribution is -0.131. The molecule has 27 heavy (non-hydrogen) atoms. The topological polar surface area (TPSA) is 54.3 Å². The van der Waals surface area contributed by atoms with Crippen molar-refractivity contribution < 1.29 is 4.79 Å². The molecule has 144 valence electrons. The predicted molar refractivity (Wildman–Crippen MR) is 104 cm³/mol. The number of carbonyl (C=O) groups excluding carboxylic acids is 1. The van der Waals surface area contributed by atoms with Crippen molar-refractivity contribution in [3.8, 4) is 0 Å². The first-order valence-corrected chi connectivity index (χ1v) is 10.1. The summed E-state index contributed by atoms with van der Waals surface area (Å²) in [4.78, 5) is 17.2. The van der Waals surface area contributed by atoms with Gasteiger partial charge in [0.05, 0.1) is 13.0 Å². The Hall–Kier alpha value is -2.21. The van der Waals surface area contributed by atoms with E-state index in [2.05, 4.69) is 26.7 Å². The molecule has 1 aromatic carbocycles. The Bertz CT molecular complexity index is 766. The Kier molecular flexibility index (Phi) is 5.53. The van der Waals surface area contributed by atoms with Crippen LogP contribution in [0.1, 0.15) is 48.8 Å². The molecule has 1 amide bonds. The zero-order valence-electron chi connectivity index (χ0n) is 16.2. The third-order valence-electron chi connectivity index (χ3n) is 5.90. The molecule has 0 saturated carbocycles. The fourth-order valence-corrected chi connectivity index (χ4v) is 4.31. The van der Waals surface area contributed by atoms with Crippen LogP contribution < -0.4 is 0 Å². The zero-order chi connectivity index (χ0) is 18.6. The van der Waals surface area contributed by atoms with Crippen LogP contribution in [0.5, 0.6) is 0 Å². The average molecular weight is 367 g/mol. The molecule has 2 aliphatic heterocycles. The number of likely N-dealkylation sites (tertiary alicyclic amines) is 2. The normalized spacial score (nSPS) is 20.9. The SMILES string of the molecule is Cn1c(CN2CCCC2)nnc1[C@@H]1CCCN(C(=O)Cc2ccccc2)C1. The van der Waals surface area contributed by atoms with Crippen molar-refractivity contribution in [3.05, 3.63) is 47.5 Å². The summed E-state index contributed by atoms with van der Waals surface area (Å²) in [6.45, 7) is 4.80. The molecule has 2 aliphatic rings. The van der Waals surface area contributed by atoms with Gasteiger partial charge in [0, 0.05) is 26.1 Å². The molecule has 0 aliphatic carbocycles. The second-order valence-electron chi connectivity index (χ2n) is 7.86. The van der Waals surface area contributed by atoms with Gasteiger partial charge < -0.3 is 9.47 Å². The molecule has 0 radical (unpaired) electrons. The first-order chi connectivity index (χ1) is 13.2. The first kappa shape index (κ1) is 18.2. The van der Waals surface area contributed by atoms with Gasteiger partial charge in [0.15, 0.2) is 0 Å². The molecular formula is C21H29N5O. The van der Waals surface area contributed by atoms with Crippen molar-refractivity contribution in [2.45, 2.75) is 44.6 Å². The summed E-state index contributed by atoms with van der Waals surface area (Å²) >= 11 is 0. The number of benzene rings is 1. The lowest BCUT2D eigenvalue weighted by Crippen LogP contribution is -2.40. The number of aromatic nitrogens is 3. The van der Waals surface area contributed by atoms with Crippen LogP contribution in [-0.2, 0) is 24.8 Å². The van der Waals surface area contributed by atoms with E-state index in [9.17, 15) is 4.79 Å². The summed E-state index contributed by atoms with van der Waals surface area (Å²) < 4.78 is 2.16. The summed E-state index contributed by atoms with van der Waals surface area (Å²) in [5.74, 6) is 2.56. The maximum absolute atomic E-state index is 12.7. The van der Waals surface area contributed by atoms with Gasteiger partial charge in [0.2, 0.25) is 5.91 Å². The molecule has 3 heterocycles. The van der Waals surface area contributed by atoms with Crippen molar-refractivity contribution in [1.29, 1.82) is 0 Å². The minimum Gasteiger partial charge on any atom is -0.342 e. The molecule has 0 N–H and O–H groups in total. The van der Waals surface area contributed by atoms with Crippen molar-refractivity contribution in [3.63, 3.8) is 0 Å². The highest BCUT2D eigenvalue weighted by molar-refractivity contribution is 5.78. The van der Waals surface area contributed by atoms with Crippen LogP contribution in [-0.4, -0.2) is 56.7 Å². The van der Waals surface area contributed by atoms with Gasteiger partial charge in [-0.3, -0.25) is 9.69 Å². The summed E-state index contributed by atoms with van der Waals surface area (Å²) in [5, 5.41) is 8.97. The van der Waals surface area contributed by atoms with E-state index in [1.807, 2.05) is 35.2 Å². The fraction of sp³-hybridized carbons (Fsp3) is 0.571. The van der Waals surface area contributed by atoms with Crippen LogP contribution in [0.25, 0.3) is 0 Å². The van der Waals surface area contributed by atoms with Gasteiger partial charge >= 0.3 is 0 Å². The third-order valence-corrected chi connectivity index (χ3v) is 5.90. The van der Waals surface area contributed by atoms with E-state index >= 15 is 0 Å². The lowest BCUT2D eigenvalue weighted by Gasteiger charge is -2.32. The summed E-state index contributed by atoms with van der Waals surface area (Å²) in [7, 11) is 2.07. The lowest BCUT2D eigenvalue weighted by atomic mass is 9.96. The van der Waals surface area contributed by atoms with E-state index in [4.69, 9.17) is 0 Å². The second kappa shape index (κ2) is 8.21. The van der Waals surface area contributed by atoms with E-state index in [1.54, 1.807) is 0 Å². The first-order valence-electron chi connectivity index (χ1n) is 10.1. The van der Waals surface area contributed by atoms with Gasteiger partial charge in [-0.2, -0.15) is 0 Å². The minimum absolute atomic E-state index is 0.213. The quantitative estimate of drug-likeness (QED) is 0.814. The minimum atomic E-state index is 0.213. The number of piperidine rings is 1. The summed E-state index contributed by atoms with van der Waals surface area (Å²) in [6, 6.07) is 10.0. The summed E-state index contributed by atoms with van der Waals surface area (Å²) in [6.07, 6.45) is 5.15. The standard InChI is InChI=1S/C21H29N5O/c1-24-19(16-25-11-5-6-12-25)22-23-21(24)18-10-7-13-26(15-18)20(27)14-17-8-3-2-4-9-17/h2-4,8-9,18H,5-7,10-16H2,1H3/t18-/m1/s1. The van der Waals surface area contributed by atoms with Gasteiger partial charge in [0.1, 0.15) is 11.6 Å². The largest absolute Gasteiger partial charge is 0.342 e. The second-order valence-corrected chi connectivity index (χ2v) is 7.86. The number of hydrogen-bond acceptors (Lipinski definition) is 4. The van der Waals surface area contributed by atoms with Gasteiger partial charge in [0.25, 0.3) is 0 Å². The molecule has 1 aromatic heterocycles. The van der Waals surface area contributed by atoms with Gasteiger partial charge in [-0.05, 0) is 44.3 Å². The summed E-state index contributed by atoms with van der Waals surface area (Å²) in [5.41, 5.74) is 1.08. The molecule has 2 fully saturated rings. The Morgan fingerprint density at radius 1 is 1.07 bits per heavy atom. The molecule has 0 unspecified atom stereocenters. The number of rotatable bonds is 5. The number of nitrogens with zero attached hydrogens (tertiary/aromatic N) is 5. The fourth-order valence-electron chi connectivity index (χ4n) is 4.31. The van der Waals surface area contributed by atoms with Gasteiger partial charge in [-0.25, -0.2) is 0 Å². The van der Waals surface area contributed by atoms with E-state index in [0.717, 1.165) is 62.8 Å². The Balaban J connectivity index is 1.40. The van der Waals surface area contributed by atoms with Crippen molar-refractivity contribution in [2.24, 2.45) is 7.05 Å². The maximum Gasteiger partial charge on any atom is 0.227 e. The van der Waals surface area contributed by atoms with Crippen molar-refractivity contribution in [2.75, 3.05) is 26.2 Å². The molecule has 2 saturated heterocycles. The zero-order valence-corrected chi connectivity index (χ0v) is 16.2. The van der Waals surface area contributed by atoms with E-state index in [-0.39, 0.29) is 11.8 Å². The van der Waals surface area contributed by atoms with Crippen LogP contribution in [0.4, 0.5) is 0 Å². The highest BCUT2D eigenvalue weighted by atomic mass is 16.2. The van der Waals surface area contributed by atoms with Crippen LogP contribution in [0.2, 0.25) is 0 Å². The maximum atomic E-state index is 12.7. The predicted octanol–water partition coefficient (Wildman–Crippen LogP) is 2.36. The third kappa shape index (κ3) is 4.21. The number of carbonyl (C=O) groups is 1. The van der Waals surface area contributed by atoms with Crippen molar-refractivity contribution >= 4 is 5.91 Å². The highest BCUT2D eigenvalue weighted by Crippen LogP contribution is 2.26. The highest BCUT2D eigenvalue weighted by Gasteiger charge is 2.28. The average Bonchev–Trinajstić information content (AvgIpc) is 3.33. The van der Waals surface area contributed by atoms with Gasteiger partial charge in [-0.15, -0.1) is 10.2 Å². The van der Waals surface area contributed by atoms with Gasteiger partial charge in [-0.1, -0.05) is 30.3 Å². The number of hydrogen-bond donors (Lipinski definition) is 0. The Morgan fingerprint density at radius 3 is 2.63 bits per heavy atom. The molecule has 6 heteroatoms. The van der Waals surface area contributed by atoms with Crippen LogP contribution in [0.15, 0.2) is 30.3 Å². The molecule has 1 atom stereocenters. The van der Waals surface area contributed by atoms with E-state index in [0.29, 0.717) is 6.42 Å². The van der Waals surface area contributed by atoms with Crippen LogP contribution in [0.3, 0.4) is 0 Å². The van der Waals surface area contributed by atoms with Crippen LogP contribution in [0, 0.1) is 0 Å². The Morgan fingerprint density at radius 2 is 1.85 bits per heavy atom. The van der Waals surface area contributed by atoms with Crippen LogP contribution >= 0.6 is 0 Å². The Labute approximate surface area is 161 Å². The molecule has 4 rings (SSSR count). The van der Waals surface area contributed by atoms with Crippen molar-refractivity contribution in [1.82, 2.24) is 24.6 Å². The number of amides is 1. The molecule has 0 bridgehead atoms. The molecule has 2 aromatic rings. The monoisotopic (exact) mass is 367 g/mol. The molecule has 0 spiro atoms. The molecular weight excluding hydrogens is 338 g/mol. The van der Waals surface area contributed by atoms with E-state index in [1.165, 1.54) is 12.8 Å². The smallest absolute Gasteiger partial charge is 0.227 e.